The van der Waals surface area contributed by atoms with Crippen LogP contribution in [0.15, 0.2) is 23.0 Å². The van der Waals surface area contributed by atoms with Gasteiger partial charge >= 0.3 is 0 Å². The van der Waals surface area contributed by atoms with Crippen LogP contribution in [0.5, 0.6) is 0 Å². The standard InChI is InChI=1S/C15H24N2O/c1-12-5-3-7-14(11-12)16-9-10-17-13(2)6-4-8-15(17)18/h4,6,8,12,14,16H,3,5,7,9-11H2,1-2H3. The molecule has 1 heterocycles. The third-order valence-corrected chi connectivity index (χ3v) is 3.97. The monoisotopic (exact) mass is 248 g/mol. The SMILES string of the molecule is Cc1cccc(=O)n1CCNC1CCCC(C)C1. The average Bonchev–Trinajstić information content (AvgIpc) is 2.33. The summed E-state index contributed by atoms with van der Waals surface area (Å²) >= 11 is 0. The van der Waals surface area contributed by atoms with Crippen molar-refractivity contribution in [2.45, 2.75) is 52.1 Å². The van der Waals surface area contributed by atoms with Gasteiger partial charge in [-0.3, -0.25) is 4.79 Å². The number of hydrogen-bond acceptors (Lipinski definition) is 2. The van der Waals surface area contributed by atoms with Crippen molar-refractivity contribution in [3.8, 4) is 0 Å². The Hall–Kier alpha value is -1.09. The molecule has 1 aliphatic carbocycles. The lowest BCUT2D eigenvalue weighted by atomic mass is 9.87. The third kappa shape index (κ3) is 3.45. The van der Waals surface area contributed by atoms with Crippen LogP contribution in [-0.4, -0.2) is 17.2 Å². The first-order valence-electron chi connectivity index (χ1n) is 7.06. The van der Waals surface area contributed by atoms with Crippen molar-refractivity contribution < 1.29 is 0 Å². The maximum absolute atomic E-state index is 11.7. The molecule has 0 saturated heterocycles. The number of aryl methyl sites for hydroxylation is 1. The Morgan fingerprint density at radius 2 is 2.22 bits per heavy atom. The molecule has 1 aromatic rings. The summed E-state index contributed by atoms with van der Waals surface area (Å²) in [4.78, 5) is 11.7. The molecule has 1 fully saturated rings. The van der Waals surface area contributed by atoms with Gasteiger partial charge in [0.05, 0.1) is 0 Å². The Morgan fingerprint density at radius 3 is 2.94 bits per heavy atom. The smallest absolute Gasteiger partial charge is 0.250 e. The number of rotatable bonds is 4. The minimum Gasteiger partial charge on any atom is -0.312 e. The first-order valence-corrected chi connectivity index (χ1v) is 7.06. The molecule has 1 saturated carbocycles. The number of hydrogen-bond donors (Lipinski definition) is 1. The van der Waals surface area contributed by atoms with E-state index in [1.807, 2.05) is 23.6 Å². The van der Waals surface area contributed by atoms with Crippen LogP contribution in [0.4, 0.5) is 0 Å². The Morgan fingerprint density at radius 1 is 1.39 bits per heavy atom. The van der Waals surface area contributed by atoms with Crippen LogP contribution in [0, 0.1) is 12.8 Å². The van der Waals surface area contributed by atoms with Gasteiger partial charge in [0.2, 0.25) is 0 Å². The molecule has 0 amide bonds. The first-order chi connectivity index (χ1) is 8.66. The van der Waals surface area contributed by atoms with Crippen LogP contribution in [-0.2, 0) is 6.54 Å². The van der Waals surface area contributed by atoms with Gasteiger partial charge in [-0.15, -0.1) is 0 Å². The predicted octanol–water partition coefficient (Wildman–Crippen LogP) is 2.33. The van der Waals surface area contributed by atoms with Gasteiger partial charge in [-0.25, -0.2) is 0 Å². The van der Waals surface area contributed by atoms with Crippen LogP contribution in [0.3, 0.4) is 0 Å². The van der Waals surface area contributed by atoms with Gasteiger partial charge in [0.1, 0.15) is 0 Å². The van der Waals surface area contributed by atoms with Crippen molar-refractivity contribution in [2.75, 3.05) is 6.54 Å². The molecule has 2 unspecified atom stereocenters. The molecule has 3 nitrogen and oxygen atoms in total. The van der Waals surface area contributed by atoms with E-state index in [9.17, 15) is 4.79 Å². The quantitative estimate of drug-likeness (QED) is 0.887. The molecule has 0 aliphatic heterocycles. The second-order valence-electron chi connectivity index (χ2n) is 5.58. The minimum atomic E-state index is 0.105. The number of nitrogens with zero attached hydrogens (tertiary/aromatic N) is 1. The van der Waals surface area contributed by atoms with E-state index in [0.29, 0.717) is 6.04 Å². The zero-order valence-electron chi connectivity index (χ0n) is 11.5. The summed E-state index contributed by atoms with van der Waals surface area (Å²) in [6.07, 6.45) is 5.27. The van der Waals surface area contributed by atoms with E-state index in [-0.39, 0.29) is 5.56 Å². The van der Waals surface area contributed by atoms with Crippen LogP contribution < -0.4 is 10.9 Å². The molecule has 0 bridgehead atoms. The summed E-state index contributed by atoms with van der Waals surface area (Å²) in [5.41, 5.74) is 1.15. The van der Waals surface area contributed by atoms with Crippen molar-refractivity contribution in [3.63, 3.8) is 0 Å². The molecule has 1 N–H and O–H groups in total. The molecule has 0 radical (unpaired) electrons. The molecule has 1 aliphatic rings. The Kier molecular flexibility index (Phi) is 4.59. The number of pyridine rings is 1. The van der Waals surface area contributed by atoms with E-state index in [2.05, 4.69) is 12.2 Å². The lowest BCUT2D eigenvalue weighted by molar-refractivity contribution is 0.299. The largest absolute Gasteiger partial charge is 0.312 e. The van der Waals surface area contributed by atoms with Gasteiger partial charge < -0.3 is 9.88 Å². The number of nitrogens with one attached hydrogen (secondary N) is 1. The zero-order chi connectivity index (χ0) is 13.0. The normalized spacial score (nSPS) is 24.1. The fraction of sp³-hybridized carbons (Fsp3) is 0.667. The molecule has 0 aromatic carbocycles. The van der Waals surface area contributed by atoms with Crippen molar-refractivity contribution in [3.05, 3.63) is 34.2 Å². The maximum atomic E-state index is 11.7. The molecular weight excluding hydrogens is 224 g/mol. The molecule has 1 aromatic heterocycles. The summed E-state index contributed by atoms with van der Waals surface area (Å²) in [5.74, 6) is 0.845. The third-order valence-electron chi connectivity index (χ3n) is 3.97. The van der Waals surface area contributed by atoms with E-state index >= 15 is 0 Å². The molecule has 2 rings (SSSR count). The van der Waals surface area contributed by atoms with Crippen molar-refractivity contribution in [2.24, 2.45) is 5.92 Å². The Balaban J connectivity index is 1.83. The Labute approximate surface area is 109 Å². The summed E-state index contributed by atoms with van der Waals surface area (Å²) in [7, 11) is 0. The highest BCUT2D eigenvalue weighted by Gasteiger charge is 2.17. The van der Waals surface area contributed by atoms with Gasteiger partial charge in [0.25, 0.3) is 5.56 Å². The highest BCUT2D eigenvalue weighted by molar-refractivity contribution is 5.04. The zero-order valence-corrected chi connectivity index (χ0v) is 11.5. The van der Waals surface area contributed by atoms with Crippen molar-refractivity contribution in [1.82, 2.24) is 9.88 Å². The topological polar surface area (TPSA) is 34.0 Å². The maximum Gasteiger partial charge on any atom is 0.250 e. The van der Waals surface area contributed by atoms with Gasteiger partial charge in [0, 0.05) is 30.9 Å². The van der Waals surface area contributed by atoms with Crippen LogP contribution in [0.25, 0.3) is 0 Å². The lowest BCUT2D eigenvalue weighted by Gasteiger charge is -2.27. The van der Waals surface area contributed by atoms with Crippen LogP contribution in [0.1, 0.15) is 38.3 Å². The van der Waals surface area contributed by atoms with E-state index in [4.69, 9.17) is 0 Å². The highest BCUT2D eigenvalue weighted by Crippen LogP contribution is 2.23. The van der Waals surface area contributed by atoms with E-state index in [1.54, 1.807) is 6.07 Å². The summed E-state index contributed by atoms with van der Waals surface area (Å²) in [6, 6.07) is 6.10. The fourth-order valence-electron chi connectivity index (χ4n) is 2.91. The van der Waals surface area contributed by atoms with E-state index < -0.39 is 0 Å². The first kappa shape index (κ1) is 13.3. The predicted molar refractivity (Wildman–Crippen MR) is 74.9 cm³/mol. The summed E-state index contributed by atoms with van der Waals surface area (Å²) in [6.45, 7) is 5.99. The summed E-state index contributed by atoms with van der Waals surface area (Å²) < 4.78 is 1.85. The molecule has 18 heavy (non-hydrogen) atoms. The lowest BCUT2D eigenvalue weighted by Crippen LogP contribution is -2.37. The van der Waals surface area contributed by atoms with Gasteiger partial charge in [0.15, 0.2) is 0 Å². The van der Waals surface area contributed by atoms with Crippen LogP contribution >= 0.6 is 0 Å². The highest BCUT2D eigenvalue weighted by atomic mass is 16.1. The van der Waals surface area contributed by atoms with Gasteiger partial charge in [-0.2, -0.15) is 0 Å². The molecule has 2 atom stereocenters. The molecule has 0 spiro atoms. The molecular formula is C15H24N2O. The van der Waals surface area contributed by atoms with Crippen LogP contribution in [0.2, 0.25) is 0 Å². The van der Waals surface area contributed by atoms with E-state index in [1.165, 1.54) is 25.7 Å². The Bertz CT molecular complexity index is 438. The molecule has 100 valence electrons. The number of aromatic nitrogens is 1. The van der Waals surface area contributed by atoms with E-state index in [0.717, 1.165) is 24.7 Å². The second-order valence-corrected chi connectivity index (χ2v) is 5.58. The summed E-state index contributed by atoms with van der Waals surface area (Å²) in [5, 5.41) is 3.60. The van der Waals surface area contributed by atoms with Gasteiger partial charge in [-0.1, -0.05) is 25.8 Å². The van der Waals surface area contributed by atoms with Crippen molar-refractivity contribution >= 4 is 0 Å². The average molecular weight is 248 g/mol. The van der Waals surface area contributed by atoms with Crippen molar-refractivity contribution in [1.29, 1.82) is 0 Å². The molecule has 3 heteroatoms. The van der Waals surface area contributed by atoms with Gasteiger partial charge in [-0.05, 0) is 31.7 Å². The fourth-order valence-corrected chi connectivity index (χ4v) is 2.91. The second kappa shape index (κ2) is 6.19. The minimum absolute atomic E-state index is 0.105.